The lowest BCUT2D eigenvalue weighted by molar-refractivity contribution is -0.123. The van der Waals surface area contributed by atoms with Crippen molar-refractivity contribution >= 4 is 5.91 Å². The lowest BCUT2D eigenvalue weighted by atomic mass is 10.0. The van der Waals surface area contributed by atoms with E-state index in [4.69, 9.17) is 10.8 Å². The molecule has 0 saturated heterocycles. The van der Waals surface area contributed by atoms with Crippen LogP contribution in [0.5, 0.6) is 0 Å². The third-order valence-electron chi connectivity index (χ3n) is 1.96. The highest BCUT2D eigenvalue weighted by atomic mass is 16.3. The molecule has 0 unspecified atom stereocenters. The molecule has 1 amide bonds. The summed E-state index contributed by atoms with van der Waals surface area (Å²) in [5.74, 6) is 0.120. The number of amides is 1. The van der Waals surface area contributed by atoms with Gasteiger partial charge in [-0.2, -0.15) is 0 Å². The molecular weight excluding hydrogens is 180 g/mol. The largest absolute Gasteiger partial charge is 0.394 e. The first-order valence-electron chi connectivity index (χ1n) is 4.95. The second-order valence-corrected chi connectivity index (χ2v) is 4.77. The predicted octanol–water partition coefficient (Wildman–Crippen LogP) is 0.247. The summed E-state index contributed by atoms with van der Waals surface area (Å²) in [7, 11) is 0. The summed E-state index contributed by atoms with van der Waals surface area (Å²) >= 11 is 0. The Bertz CT molecular complexity index is 185. The lowest BCUT2D eigenvalue weighted by Gasteiger charge is -2.23. The molecule has 0 aromatic carbocycles. The molecule has 0 rings (SSSR count). The highest BCUT2D eigenvalue weighted by Crippen LogP contribution is 2.05. The van der Waals surface area contributed by atoms with Crippen molar-refractivity contribution in [3.8, 4) is 0 Å². The van der Waals surface area contributed by atoms with Gasteiger partial charge in [0.25, 0.3) is 0 Å². The Balaban J connectivity index is 4.04. The van der Waals surface area contributed by atoms with Gasteiger partial charge in [-0.05, 0) is 19.8 Å². The third-order valence-corrected chi connectivity index (χ3v) is 1.96. The zero-order valence-corrected chi connectivity index (χ0v) is 9.50. The van der Waals surface area contributed by atoms with Crippen LogP contribution in [0.25, 0.3) is 0 Å². The van der Waals surface area contributed by atoms with E-state index in [1.807, 2.05) is 13.8 Å². The molecule has 0 aromatic heterocycles. The van der Waals surface area contributed by atoms with Gasteiger partial charge in [0.15, 0.2) is 0 Å². The van der Waals surface area contributed by atoms with E-state index in [-0.39, 0.29) is 30.9 Å². The number of aliphatic hydroxyl groups excluding tert-OH is 1. The topological polar surface area (TPSA) is 75.3 Å². The fourth-order valence-corrected chi connectivity index (χ4v) is 1.09. The summed E-state index contributed by atoms with van der Waals surface area (Å²) in [6.07, 6.45) is 0.274. The Morgan fingerprint density at radius 3 is 2.29 bits per heavy atom. The van der Waals surface area contributed by atoms with Crippen molar-refractivity contribution in [3.63, 3.8) is 0 Å². The van der Waals surface area contributed by atoms with Gasteiger partial charge in [-0.25, -0.2) is 0 Å². The SMILES string of the molecule is CC(C)[C@@H](CO)NC(=O)CC(C)(C)N. The minimum atomic E-state index is -0.499. The predicted molar refractivity (Wildman–Crippen MR) is 56.7 cm³/mol. The molecule has 0 spiro atoms. The Hall–Kier alpha value is -0.610. The number of nitrogens with one attached hydrogen (secondary N) is 1. The number of rotatable bonds is 5. The molecule has 0 fully saturated rings. The molecule has 14 heavy (non-hydrogen) atoms. The minimum absolute atomic E-state index is 0.0333. The van der Waals surface area contributed by atoms with Crippen LogP contribution in [0.2, 0.25) is 0 Å². The first kappa shape index (κ1) is 13.4. The van der Waals surface area contributed by atoms with Crippen LogP contribution in [0.15, 0.2) is 0 Å². The van der Waals surface area contributed by atoms with Gasteiger partial charge in [-0.3, -0.25) is 4.79 Å². The van der Waals surface area contributed by atoms with E-state index in [9.17, 15) is 4.79 Å². The van der Waals surface area contributed by atoms with E-state index in [0.29, 0.717) is 0 Å². The van der Waals surface area contributed by atoms with Crippen molar-refractivity contribution in [2.45, 2.75) is 45.7 Å². The fourth-order valence-electron chi connectivity index (χ4n) is 1.09. The van der Waals surface area contributed by atoms with E-state index in [1.54, 1.807) is 13.8 Å². The van der Waals surface area contributed by atoms with Gasteiger partial charge in [0.05, 0.1) is 12.6 Å². The summed E-state index contributed by atoms with van der Waals surface area (Å²) in [5, 5.41) is 11.8. The van der Waals surface area contributed by atoms with Crippen LogP contribution in [-0.2, 0) is 4.79 Å². The van der Waals surface area contributed by atoms with E-state index >= 15 is 0 Å². The van der Waals surface area contributed by atoms with E-state index in [1.165, 1.54) is 0 Å². The summed E-state index contributed by atoms with van der Waals surface area (Å²) in [4.78, 5) is 11.4. The van der Waals surface area contributed by atoms with Crippen LogP contribution in [0.3, 0.4) is 0 Å². The van der Waals surface area contributed by atoms with Crippen molar-refractivity contribution in [2.24, 2.45) is 11.7 Å². The Labute approximate surface area is 85.9 Å². The zero-order valence-electron chi connectivity index (χ0n) is 9.50. The van der Waals surface area contributed by atoms with Crippen LogP contribution in [0.4, 0.5) is 0 Å². The van der Waals surface area contributed by atoms with Crippen LogP contribution in [0.1, 0.15) is 34.1 Å². The highest BCUT2D eigenvalue weighted by Gasteiger charge is 2.20. The third kappa shape index (κ3) is 5.94. The Kier molecular flexibility index (Phi) is 5.08. The molecule has 4 N–H and O–H groups in total. The number of carbonyl (C=O) groups excluding carboxylic acids is 1. The Morgan fingerprint density at radius 1 is 1.50 bits per heavy atom. The number of carbonyl (C=O) groups is 1. The normalized spacial score (nSPS) is 14.2. The highest BCUT2D eigenvalue weighted by molar-refractivity contribution is 5.77. The van der Waals surface area contributed by atoms with Crippen molar-refractivity contribution in [3.05, 3.63) is 0 Å². The average molecular weight is 202 g/mol. The number of aliphatic hydroxyl groups is 1. The molecule has 0 radical (unpaired) electrons. The molecular formula is C10H22N2O2. The fraction of sp³-hybridized carbons (Fsp3) is 0.900. The molecule has 0 aromatic rings. The summed E-state index contributed by atoms with van der Waals surface area (Å²) in [6, 6.07) is -0.176. The van der Waals surface area contributed by atoms with Crippen molar-refractivity contribution in [1.82, 2.24) is 5.32 Å². The molecule has 0 heterocycles. The number of hydrogen-bond donors (Lipinski definition) is 3. The molecule has 0 saturated carbocycles. The van der Waals surface area contributed by atoms with Gasteiger partial charge in [-0.15, -0.1) is 0 Å². The van der Waals surface area contributed by atoms with Gasteiger partial charge in [-0.1, -0.05) is 13.8 Å². The van der Waals surface area contributed by atoms with E-state index in [2.05, 4.69) is 5.32 Å². The molecule has 1 atom stereocenters. The van der Waals surface area contributed by atoms with E-state index < -0.39 is 5.54 Å². The lowest BCUT2D eigenvalue weighted by Crippen LogP contribution is -2.45. The summed E-state index contributed by atoms with van der Waals surface area (Å²) in [6.45, 7) is 7.48. The molecule has 84 valence electrons. The second-order valence-electron chi connectivity index (χ2n) is 4.77. The van der Waals surface area contributed by atoms with Gasteiger partial charge < -0.3 is 16.2 Å². The van der Waals surface area contributed by atoms with E-state index in [0.717, 1.165) is 0 Å². The first-order valence-corrected chi connectivity index (χ1v) is 4.95. The maximum absolute atomic E-state index is 11.4. The van der Waals surface area contributed by atoms with Crippen LogP contribution in [0, 0.1) is 5.92 Å². The maximum Gasteiger partial charge on any atom is 0.222 e. The van der Waals surface area contributed by atoms with Crippen LogP contribution < -0.4 is 11.1 Å². The van der Waals surface area contributed by atoms with Gasteiger partial charge in [0.1, 0.15) is 0 Å². The van der Waals surface area contributed by atoms with Gasteiger partial charge in [0.2, 0.25) is 5.91 Å². The maximum atomic E-state index is 11.4. The molecule has 0 aliphatic carbocycles. The quantitative estimate of drug-likeness (QED) is 0.598. The smallest absolute Gasteiger partial charge is 0.222 e. The van der Waals surface area contributed by atoms with Crippen molar-refractivity contribution < 1.29 is 9.90 Å². The number of nitrogens with two attached hydrogens (primary N) is 1. The summed E-state index contributed by atoms with van der Waals surface area (Å²) in [5.41, 5.74) is 5.21. The second kappa shape index (κ2) is 5.32. The van der Waals surface area contributed by atoms with Crippen molar-refractivity contribution in [2.75, 3.05) is 6.61 Å². The monoisotopic (exact) mass is 202 g/mol. The average Bonchev–Trinajstić information content (AvgIpc) is 1.96. The van der Waals surface area contributed by atoms with Gasteiger partial charge in [0, 0.05) is 12.0 Å². The molecule has 0 bridgehead atoms. The van der Waals surface area contributed by atoms with Crippen LogP contribution in [-0.4, -0.2) is 29.2 Å². The molecule has 4 nitrogen and oxygen atoms in total. The zero-order chi connectivity index (χ0) is 11.4. The molecule has 0 aliphatic rings. The molecule has 4 heteroatoms. The standard InChI is InChI=1S/C10H22N2O2/c1-7(2)8(6-13)12-9(14)5-10(3,4)11/h7-8,13H,5-6,11H2,1-4H3,(H,12,14)/t8-/m1/s1. The Morgan fingerprint density at radius 2 is 2.00 bits per heavy atom. The van der Waals surface area contributed by atoms with Crippen LogP contribution >= 0.6 is 0 Å². The summed E-state index contributed by atoms with van der Waals surface area (Å²) < 4.78 is 0. The number of hydrogen-bond acceptors (Lipinski definition) is 3. The minimum Gasteiger partial charge on any atom is -0.394 e. The van der Waals surface area contributed by atoms with Crippen molar-refractivity contribution in [1.29, 1.82) is 0 Å². The first-order chi connectivity index (χ1) is 6.26. The molecule has 0 aliphatic heterocycles. The van der Waals surface area contributed by atoms with Gasteiger partial charge >= 0.3 is 0 Å².